The summed E-state index contributed by atoms with van der Waals surface area (Å²) in [6, 6.07) is 0. The molecule has 0 N–H and O–H groups in total. The first-order valence-corrected chi connectivity index (χ1v) is 0. The fraction of sp³-hybridized carbons (Fsp3) is 0. The van der Waals surface area contributed by atoms with E-state index in [2.05, 4.69) is 0 Å². The Bertz CT molecular complexity index is 28.5. The molecule has 32 valence electrons. The molecule has 0 heterocycles. The number of hydrogen-bond donors (Lipinski definition) is 0. The Labute approximate surface area is 216 Å². The molecule has 0 unspecified atom stereocenters. The average Bonchev–Trinajstić information content (AvgIpc) is 0. The van der Waals surface area contributed by atoms with Crippen molar-refractivity contribution in [3.8, 4) is 0 Å². The summed E-state index contributed by atoms with van der Waals surface area (Å²) in [5.74, 6) is 0. The zero-order chi connectivity index (χ0) is 0. The van der Waals surface area contributed by atoms with Crippen LogP contribution in [0.25, 0.3) is 0 Å². The van der Waals surface area contributed by atoms with Crippen LogP contribution in [-0.2, 0) is 55.1 Å². The zero-order valence-corrected chi connectivity index (χ0v) is 9.39. The molecule has 9 heavy (non-hydrogen) atoms. The predicted molar refractivity (Wildman–Crippen MR) is 42.9 cm³/mol. The van der Waals surface area contributed by atoms with Crippen molar-refractivity contribution in [2.75, 3.05) is 0 Å². The molecule has 0 atom stereocenters. The first-order chi connectivity index (χ1) is 0. The molecule has 0 aliphatic carbocycles. The Morgan fingerprint density at radius 3 is 1.00 bits per heavy atom. The molecule has 0 aromatic carbocycles. The summed E-state index contributed by atoms with van der Waals surface area (Å²) >= 11 is 0. The van der Waals surface area contributed by atoms with Crippen molar-refractivity contribution in [1.29, 1.82) is 0 Å². The average molecular weight is 342 g/mol. The van der Waals surface area contributed by atoms with Gasteiger partial charge in [0.05, 0.1) is 0 Å². The molecule has 0 bridgehead atoms. The molecule has 0 aliphatic rings. The van der Waals surface area contributed by atoms with Gasteiger partial charge >= 0.3 is 142 Å². The fourth-order valence-corrected chi connectivity index (χ4v) is 0. The van der Waals surface area contributed by atoms with E-state index in [1.807, 2.05) is 0 Å². The van der Waals surface area contributed by atoms with Crippen LogP contribution in [0.5, 0.6) is 0 Å². The van der Waals surface area contributed by atoms with E-state index in [1.54, 1.807) is 0 Å². The minimum Gasteiger partial charge on any atom is 0 e. The van der Waals surface area contributed by atoms with Gasteiger partial charge in [-0.05, 0) is 0 Å². The quantitative estimate of drug-likeness (QED) is 0.395. The Kier molecular flexibility index (Phi) is 491. The van der Waals surface area contributed by atoms with E-state index >= 15 is 0 Å². The summed E-state index contributed by atoms with van der Waals surface area (Å²) in [6.07, 6.45) is 0. The molecule has 0 amide bonds. The molecule has 0 rings (SSSR count). The number of hydrogen-bond acceptors (Lipinski definition) is 0. The smallest absolute Gasteiger partial charge is 0 e. The van der Waals surface area contributed by atoms with Crippen LogP contribution < -0.4 is 0 Å². The van der Waals surface area contributed by atoms with Crippen LogP contribution in [0.2, 0.25) is 0 Å². The van der Waals surface area contributed by atoms with Crippen LogP contribution in [0.4, 0.5) is 0 Å². The van der Waals surface area contributed by atoms with Crippen LogP contribution in [0.15, 0.2) is 0 Å². The minimum absolute atomic E-state index is 0. The second-order valence-corrected chi connectivity index (χ2v) is 0. The van der Waals surface area contributed by atoms with Crippen LogP contribution in [0.1, 0.15) is 0 Å². The third-order valence-corrected chi connectivity index (χ3v) is 0. The van der Waals surface area contributed by atoms with Crippen molar-refractivity contribution in [3.63, 3.8) is 0 Å². The van der Waals surface area contributed by atoms with E-state index in [9.17, 15) is 0 Å². The maximum atomic E-state index is 0. The third kappa shape index (κ3) is 51.8. The SMILES string of the molecule is [Al].[B].[CaH2].[KH].[MgH2].[Mn].[NaH].[V].[Zn]. The summed E-state index contributed by atoms with van der Waals surface area (Å²) in [7, 11) is 0. The molecule has 0 fully saturated rings. The Hall–Kier alpha value is 6.99. The first-order valence-electron chi connectivity index (χ1n) is 0. The van der Waals surface area contributed by atoms with Crippen LogP contribution >= 0.6 is 0 Å². The van der Waals surface area contributed by atoms with Gasteiger partial charge in [0.2, 0.25) is 0 Å². The predicted octanol–water partition coefficient (Wildman–Crippen LogP) is -3.90. The van der Waals surface area contributed by atoms with Gasteiger partial charge in [-0.25, -0.2) is 0 Å². The molecule has 8 radical (unpaired) electrons. The molecule has 0 aromatic rings. The maximum Gasteiger partial charge on any atom is 0 e. The fourth-order valence-electron chi connectivity index (χ4n) is 0. The summed E-state index contributed by atoms with van der Waals surface area (Å²) in [6.45, 7) is 0. The monoisotopic (exact) mass is 340 g/mol. The zero-order valence-electron chi connectivity index (χ0n) is 2.69. The van der Waals surface area contributed by atoms with Gasteiger partial charge in [0, 0.05) is 80.9 Å². The molecular formula is H6AlBCaKMgMnNaVZn. The van der Waals surface area contributed by atoms with Crippen molar-refractivity contribution in [2.24, 2.45) is 0 Å². The van der Waals surface area contributed by atoms with Crippen molar-refractivity contribution >= 4 is 168 Å². The van der Waals surface area contributed by atoms with Gasteiger partial charge in [-0.2, -0.15) is 0 Å². The third-order valence-electron chi connectivity index (χ3n) is 0. The van der Waals surface area contributed by atoms with Crippen molar-refractivity contribution < 1.29 is 55.1 Å². The van der Waals surface area contributed by atoms with Crippen molar-refractivity contribution in [1.82, 2.24) is 0 Å². The molecule has 0 saturated carbocycles. The molecular weight excluding hydrogens is 336 g/mol. The van der Waals surface area contributed by atoms with E-state index < -0.39 is 0 Å². The molecule has 0 spiro atoms. The summed E-state index contributed by atoms with van der Waals surface area (Å²) in [4.78, 5) is 0. The number of rotatable bonds is 0. The van der Waals surface area contributed by atoms with Gasteiger partial charge in [0.1, 0.15) is 0 Å². The van der Waals surface area contributed by atoms with E-state index in [4.69, 9.17) is 0 Å². The molecule has 0 nitrogen and oxygen atoms in total. The van der Waals surface area contributed by atoms with Crippen molar-refractivity contribution in [2.45, 2.75) is 0 Å². The van der Waals surface area contributed by atoms with Gasteiger partial charge in [-0.3, -0.25) is 0 Å². The maximum absolute atomic E-state index is 0. The first kappa shape index (κ1) is 73.6. The molecule has 9 heteroatoms. The standard InChI is InChI=1S/Al.B.Ca.K.Mg.Mn.Na.V.Zn.6H. The summed E-state index contributed by atoms with van der Waals surface area (Å²) in [5.41, 5.74) is 0. The molecule has 0 aromatic heterocycles. The van der Waals surface area contributed by atoms with Crippen LogP contribution in [0, 0.1) is 0 Å². The second kappa shape index (κ2) is 60.1. The van der Waals surface area contributed by atoms with Gasteiger partial charge < -0.3 is 0 Å². The topological polar surface area (TPSA) is 0 Å². The van der Waals surface area contributed by atoms with E-state index in [1.165, 1.54) is 0 Å². The second-order valence-electron chi connectivity index (χ2n) is 0. The van der Waals surface area contributed by atoms with E-state index in [-0.39, 0.29) is 223 Å². The minimum atomic E-state index is 0. The Balaban J connectivity index is 0. The molecule has 0 aliphatic heterocycles. The van der Waals surface area contributed by atoms with Gasteiger partial charge in [0.25, 0.3) is 0 Å². The van der Waals surface area contributed by atoms with Gasteiger partial charge in [-0.1, -0.05) is 0 Å². The van der Waals surface area contributed by atoms with E-state index in [0.717, 1.165) is 0 Å². The van der Waals surface area contributed by atoms with Gasteiger partial charge in [-0.15, -0.1) is 0 Å². The normalized spacial score (nSPS) is 0. The summed E-state index contributed by atoms with van der Waals surface area (Å²) in [5, 5.41) is 0. The van der Waals surface area contributed by atoms with Crippen molar-refractivity contribution in [3.05, 3.63) is 0 Å². The van der Waals surface area contributed by atoms with Crippen LogP contribution in [-0.4, -0.2) is 168 Å². The van der Waals surface area contributed by atoms with Crippen LogP contribution in [0.3, 0.4) is 0 Å². The van der Waals surface area contributed by atoms with Gasteiger partial charge in [0.15, 0.2) is 0 Å². The largest absolute Gasteiger partial charge is 0 e. The van der Waals surface area contributed by atoms with E-state index in [0.29, 0.717) is 0 Å². The summed E-state index contributed by atoms with van der Waals surface area (Å²) < 4.78 is 0. The Morgan fingerprint density at radius 2 is 1.00 bits per heavy atom. The molecule has 0 saturated heterocycles. The Morgan fingerprint density at radius 1 is 1.00 bits per heavy atom.